The van der Waals surface area contributed by atoms with Gasteiger partial charge in [0.15, 0.2) is 0 Å². The first kappa shape index (κ1) is 10.9. The normalized spacial score (nSPS) is 35.3. The zero-order valence-corrected chi connectivity index (χ0v) is 9.46. The maximum Gasteiger partial charge on any atom is 0.321 e. The van der Waals surface area contributed by atoms with Crippen LogP contribution in [0.1, 0.15) is 51.9 Å². The molecule has 1 saturated heterocycles. The maximum atomic E-state index is 11.3. The summed E-state index contributed by atoms with van der Waals surface area (Å²) in [5, 5.41) is 12.6. The van der Waals surface area contributed by atoms with Crippen LogP contribution in [0.3, 0.4) is 0 Å². The molecule has 0 aromatic rings. The second-order valence-corrected chi connectivity index (χ2v) is 5.30. The molecule has 2 atom stereocenters. The Bertz CT molecular complexity index is 246. The molecule has 0 aromatic heterocycles. The second kappa shape index (κ2) is 4.12. The first-order valence-electron chi connectivity index (χ1n) is 6.13. The maximum absolute atomic E-state index is 11.3. The van der Waals surface area contributed by atoms with Gasteiger partial charge in [-0.3, -0.25) is 4.79 Å². The summed E-state index contributed by atoms with van der Waals surface area (Å²) in [7, 11) is 0. The number of rotatable bonds is 1. The lowest BCUT2D eigenvalue weighted by Gasteiger charge is -2.47. The molecule has 3 nitrogen and oxygen atoms in total. The quantitative estimate of drug-likeness (QED) is 0.698. The number of hydrogen-bond acceptors (Lipinski definition) is 2. The lowest BCUT2D eigenvalue weighted by molar-refractivity contribution is -0.146. The third kappa shape index (κ3) is 2.03. The van der Waals surface area contributed by atoms with E-state index in [0.29, 0.717) is 6.04 Å². The number of carbonyl (C=O) groups is 1. The van der Waals surface area contributed by atoms with Gasteiger partial charge in [-0.15, -0.1) is 0 Å². The third-order valence-electron chi connectivity index (χ3n) is 4.24. The van der Waals surface area contributed by atoms with Crippen LogP contribution < -0.4 is 5.32 Å². The minimum atomic E-state index is -0.650. The molecule has 1 spiro atoms. The van der Waals surface area contributed by atoms with E-state index in [4.69, 9.17) is 0 Å². The van der Waals surface area contributed by atoms with Gasteiger partial charge >= 0.3 is 5.97 Å². The van der Waals surface area contributed by atoms with Gasteiger partial charge in [0.05, 0.1) is 0 Å². The summed E-state index contributed by atoms with van der Waals surface area (Å²) in [4.78, 5) is 11.3. The molecule has 0 radical (unpaired) electrons. The molecule has 3 heteroatoms. The molecule has 1 aliphatic heterocycles. The van der Waals surface area contributed by atoms with Crippen molar-refractivity contribution in [2.75, 3.05) is 0 Å². The zero-order chi connectivity index (χ0) is 10.9. The average molecular weight is 211 g/mol. The molecule has 2 rings (SSSR count). The first-order valence-corrected chi connectivity index (χ1v) is 6.13. The molecule has 15 heavy (non-hydrogen) atoms. The number of hydrogen-bond donors (Lipinski definition) is 2. The van der Waals surface area contributed by atoms with E-state index in [1.54, 1.807) is 0 Å². The van der Waals surface area contributed by atoms with E-state index < -0.39 is 5.97 Å². The molecule has 0 amide bonds. The summed E-state index contributed by atoms with van der Waals surface area (Å²) < 4.78 is 0. The van der Waals surface area contributed by atoms with Gasteiger partial charge in [0.2, 0.25) is 0 Å². The van der Waals surface area contributed by atoms with Gasteiger partial charge in [-0.1, -0.05) is 19.3 Å². The Balaban J connectivity index is 2.16. The molecule has 2 N–H and O–H groups in total. The number of piperidine rings is 1. The fraction of sp³-hybridized carbons (Fsp3) is 0.917. The number of aliphatic carboxylic acids is 1. The van der Waals surface area contributed by atoms with Gasteiger partial charge in [0, 0.05) is 6.04 Å². The highest BCUT2D eigenvalue weighted by atomic mass is 16.4. The Labute approximate surface area is 91.2 Å². The Hall–Kier alpha value is -0.570. The predicted octanol–water partition coefficient (Wildman–Crippen LogP) is 2.16. The third-order valence-corrected chi connectivity index (χ3v) is 4.24. The Kier molecular flexibility index (Phi) is 3.01. The van der Waals surface area contributed by atoms with Crippen LogP contribution in [-0.2, 0) is 4.79 Å². The van der Waals surface area contributed by atoms with E-state index in [-0.39, 0.29) is 11.5 Å². The van der Waals surface area contributed by atoms with Crippen molar-refractivity contribution in [3.63, 3.8) is 0 Å². The Morgan fingerprint density at radius 1 is 1.27 bits per heavy atom. The second-order valence-electron chi connectivity index (χ2n) is 5.30. The van der Waals surface area contributed by atoms with Crippen LogP contribution in [-0.4, -0.2) is 23.2 Å². The van der Waals surface area contributed by atoms with Crippen molar-refractivity contribution in [3.05, 3.63) is 0 Å². The highest BCUT2D eigenvalue weighted by Crippen LogP contribution is 2.45. The topological polar surface area (TPSA) is 49.3 Å². The van der Waals surface area contributed by atoms with E-state index in [1.807, 2.05) is 0 Å². The highest BCUT2D eigenvalue weighted by molar-refractivity contribution is 5.75. The molecule has 2 unspecified atom stereocenters. The minimum absolute atomic E-state index is 0.0661. The summed E-state index contributed by atoms with van der Waals surface area (Å²) in [5.74, 6) is -0.650. The van der Waals surface area contributed by atoms with Crippen LogP contribution in [0.5, 0.6) is 0 Å². The lowest BCUT2D eigenvalue weighted by atomic mass is 9.64. The Morgan fingerprint density at radius 2 is 1.93 bits per heavy atom. The summed E-state index contributed by atoms with van der Waals surface area (Å²) >= 11 is 0. The van der Waals surface area contributed by atoms with E-state index in [2.05, 4.69) is 12.2 Å². The number of nitrogens with one attached hydrogen (secondary N) is 1. The number of carboxylic acids is 1. The first-order chi connectivity index (χ1) is 7.14. The van der Waals surface area contributed by atoms with Gasteiger partial charge in [-0.25, -0.2) is 0 Å². The zero-order valence-electron chi connectivity index (χ0n) is 9.46. The fourth-order valence-corrected chi connectivity index (χ4v) is 3.32. The smallest absolute Gasteiger partial charge is 0.321 e. The van der Waals surface area contributed by atoms with Gasteiger partial charge in [-0.2, -0.15) is 0 Å². The van der Waals surface area contributed by atoms with Crippen molar-refractivity contribution in [1.29, 1.82) is 0 Å². The van der Waals surface area contributed by atoms with Crippen molar-refractivity contribution >= 4 is 5.97 Å². The number of carboxylic acid groups (broad SMARTS) is 1. The minimum Gasteiger partial charge on any atom is -0.480 e. The molecule has 1 saturated carbocycles. The van der Waals surface area contributed by atoms with E-state index >= 15 is 0 Å². The monoisotopic (exact) mass is 211 g/mol. The highest BCUT2D eigenvalue weighted by Gasteiger charge is 2.46. The van der Waals surface area contributed by atoms with Crippen LogP contribution in [0.2, 0.25) is 0 Å². The van der Waals surface area contributed by atoms with Crippen molar-refractivity contribution in [2.45, 2.75) is 64.0 Å². The Morgan fingerprint density at radius 3 is 2.53 bits per heavy atom. The van der Waals surface area contributed by atoms with Crippen LogP contribution >= 0.6 is 0 Å². The molecule has 1 heterocycles. The van der Waals surface area contributed by atoms with Gasteiger partial charge in [0.1, 0.15) is 6.04 Å². The van der Waals surface area contributed by atoms with Crippen molar-refractivity contribution in [2.24, 2.45) is 5.41 Å². The van der Waals surface area contributed by atoms with Crippen LogP contribution in [0.4, 0.5) is 0 Å². The standard InChI is InChI=1S/C12H21NO2/c1-9-5-8-12(6-3-2-4-7-12)10(13-9)11(14)15/h9-10,13H,2-8H2,1H3,(H,14,15). The van der Waals surface area contributed by atoms with Gasteiger partial charge in [-0.05, 0) is 38.0 Å². The molecular formula is C12H21NO2. The lowest BCUT2D eigenvalue weighted by Crippen LogP contribution is -2.57. The van der Waals surface area contributed by atoms with E-state index in [1.165, 1.54) is 19.3 Å². The fourth-order valence-electron chi connectivity index (χ4n) is 3.32. The molecule has 2 fully saturated rings. The molecule has 2 aliphatic rings. The molecule has 0 aromatic carbocycles. The SMILES string of the molecule is CC1CCC2(CCCCC2)C(C(=O)O)N1. The average Bonchev–Trinajstić information content (AvgIpc) is 2.23. The summed E-state index contributed by atoms with van der Waals surface area (Å²) in [6, 6.07) is 0.0557. The van der Waals surface area contributed by atoms with Crippen LogP contribution in [0.15, 0.2) is 0 Å². The van der Waals surface area contributed by atoms with Crippen molar-refractivity contribution < 1.29 is 9.90 Å². The summed E-state index contributed by atoms with van der Waals surface area (Å²) in [5.41, 5.74) is 0.0661. The van der Waals surface area contributed by atoms with Crippen molar-refractivity contribution in [3.8, 4) is 0 Å². The van der Waals surface area contributed by atoms with Gasteiger partial charge in [0.25, 0.3) is 0 Å². The van der Waals surface area contributed by atoms with E-state index in [0.717, 1.165) is 25.7 Å². The predicted molar refractivity (Wildman–Crippen MR) is 58.8 cm³/mol. The molecule has 86 valence electrons. The summed E-state index contributed by atoms with van der Waals surface area (Å²) in [6.07, 6.45) is 8.12. The van der Waals surface area contributed by atoms with Crippen LogP contribution in [0.25, 0.3) is 0 Å². The molecule has 1 aliphatic carbocycles. The van der Waals surface area contributed by atoms with E-state index in [9.17, 15) is 9.90 Å². The molecular weight excluding hydrogens is 190 g/mol. The summed E-state index contributed by atoms with van der Waals surface area (Å²) in [6.45, 7) is 2.09. The largest absolute Gasteiger partial charge is 0.480 e. The van der Waals surface area contributed by atoms with Crippen LogP contribution in [0, 0.1) is 5.41 Å². The molecule has 0 bridgehead atoms. The van der Waals surface area contributed by atoms with Gasteiger partial charge < -0.3 is 10.4 Å². The van der Waals surface area contributed by atoms with Crippen molar-refractivity contribution in [1.82, 2.24) is 5.32 Å².